The minimum atomic E-state index is -0.236. The minimum Gasteiger partial charge on any atom is -0.392 e. The highest BCUT2D eigenvalue weighted by atomic mass is 16.3. The van der Waals surface area contributed by atoms with E-state index in [1.807, 2.05) is 6.92 Å². The summed E-state index contributed by atoms with van der Waals surface area (Å²) in [6, 6.07) is 2.71. The van der Waals surface area contributed by atoms with Crippen molar-refractivity contribution in [2.24, 2.45) is 0 Å². The van der Waals surface area contributed by atoms with Crippen LogP contribution in [0.5, 0.6) is 0 Å². The number of hydrogen-bond acceptors (Lipinski definition) is 4. The lowest BCUT2D eigenvalue weighted by molar-refractivity contribution is 0.0447. The van der Waals surface area contributed by atoms with Crippen molar-refractivity contribution in [2.45, 2.75) is 45.3 Å². The molecule has 0 unspecified atom stereocenters. The van der Waals surface area contributed by atoms with Crippen LogP contribution >= 0.6 is 0 Å². The van der Waals surface area contributed by atoms with Gasteiger partial charge in [-0.15, -0.1) is 0 Å². The molecule has 0 radical (unpaired) electrons. The normalized spacial score (nSPS) is 24.5. The van der Waals surface area contributed by atoms with E-state index in [2.05, 4.69) is 22.8 Å². The maximum Gasteiger partial charge on any atom is 0.0639 e. The molecule has 4 heteroatoms. The van der Waals surface area contributed by atoms with Gasteiger partial charge >= 0.3 is 0 Å². The molecule has 2 atom stereocenters. The van der Waals surface area contributed by atoms with E-state index >= 15 is 0 Å². The molecule has 1 N–H and O–H groups in total. The fraction of sp³-hybridized carbons (Fsp3) is 0.923. The predicted octanol–water partition coefficient (Wildman–Crippen LogP) is 1.07. The van der Waals surface area contributed by atoms with E-state index in [0.29, 0.717) is 12.5 Å². The average molecular weight is 239 g/mol. The molecule has 0 aliphatic carbocycles. The Morgan fingerprint density at radius 1 is 1.41 bits per heavy atom. The molecule has 0 spiro atoms. The van der Waals surface area contributed by atoms with E-state index in [-0.39, 0.29) is 6.10 Å². The molecule has 1 heterocycles. The molecule has 0 amide bonds. The highest BCUT2D eigenvalue weighted by molar-refractivity contribution is 4.80. The van der Waals surface area contributed by atoms with Crippen LogP contribution in [0.15, 0.2) is 0 Å². The molecule has 0 aromatic heterocycles. The van der Waals surface area contributed by atoms with Crippen molar-refractivity contribution in [3.63, 3.8) is 0 Å². The van der Waals surface area contributed by atoms with Crippen LogP contribution in [0.2, 0.25) is 0 Å². The molecular weight excluding hydrogens is 214 g/mol. The first-order valence-corrected chi connectivity index (χ1v) is 6.65. The standard InChI is InChI=1S/C13H25N3O/c1-12-10-15(7-5-3-4-6-14)8-9-16(12)11-13(2)17/h12-13,17H,3-5,7-11H2,1-2H3/t12-,13-/m1/s1. The first-order valence-electron chi connectivity index (χ1n) is 6.65. The number of piperazine rings is 1. The highest BCUT2D eigenvalue weighted by Gasteiger charge is 2.23. The number of aliphatic hydroxyl groups excluding tert-OH is 1. The Morgan fingerprint density at radius 3 is 2.76 bits per heavy atom. The Hall–Kier alpha value is -0.630. The largest absolute Gasteiger partial charge is 0.392 e. The van der Waals surface area contributed by atoms with Gasteiger partial charge in [-0.2, -0.15) is 5.26 Å². The second-order valence-electron chi connectivity index (χ2n) is 5.11. The van der Waals surface area contributed by atoms with E-state index in [4.69, 9.17) is 5.26 Å². The molecule has 0 aromatic rings. The molecule has 1 aliphatic heterocycles. The van der Waals surface area contributed by atoms with Crippen molar-refractivity contribution >= 4 is 0 Å². The van der Waals surface area contributed by atoms with Gasteiger partial charge in [0.25, 0.3) is 0 Å². The topological polar surface area (TPSA) is 50.5 Å². The number of aliphatic hydroxyl groups is 1. The van der Waals surface area contributed by atoms with Crippen LogP contribution in [0.1, 0.15) is 33.1 Å². The van der Waals surface area contributed by atoms with Gasteiger partial charge in [0, 0.05) is 38.6 Å². The van der Waals surface area contributed by atoms with Gasteiger partial charge in [-0.05, 0) is 33.2 Å². The third-order valence-corrected chi connectivity index (χ3v) is 3.36. The van der Waals surface area contributed by atoms with Gasteiger partial charge in [0.05, 0.1) is 12.2 Å². The van der Waals surface area contributed by atoms with Crippen molar-refractivity contribution in [1.82, 2.24) is 9.80 Å². The fourth-order valence-corrected chi connectivity index (χ4v) is 2.42. The third-order valence-electron chi connectivity index (χ3n) is 3.36. The van der Waals surface area contributed by atoms with Gasteiger partial charge in [0.1, 0.15) is 0 Å². The monoisotopic (exact) mass is 239 g/mol. The summed E-state index contributed by atoms with van der Waals surface area (Å²) in [5.74, 6) is 0. The second-order valence-corrected chi connectivity index (χ2v) is 5.11. The summed E-state index contributed by atoms with van der Waals surface area (Å²) < 4.78 is 0. The molecule has 0 aromatic carbocycles. The lowest BCUT2D eigenvalue weighted by Crippen LogP contribution is -2.53. The van der Waals surface area contributed by atoms with Crippen molar-refractivity contribution < 1.29 is 5.11 Å². The Labute approximate surface area is 105 Å². The number of hydrogen-bond donors (Lipinski definition) is 1. The number of unbranched alkanes of at least 4 members (excludes halogenated alkanes) is 2. The summed E-state index contributed by atoms with van der Waals surface area (Å²) >= 11 is 0. The third kappa shape index (κ3) is 5.49. The molecule has 4 nitrogen and oxygen atoms in total. The zero-order valence-corrected chi connectivity index (χ0v) is 11.1. The van der Waals surface area contributed by atoms with Gasteiger partial charge in [0.2, 0.25) is 0 Å². The Balaban J connectivity index is 2.20. The van der Waals surface area contributed by atoms with Gasteiger partial charge < -0.3 is 10.0 Å². The van der Waals surface area contributed by atoms with Crippen molar-refractivity contribution in [3.8, 4) is 6.07 Å². The lowest BCUT2D eigenvalue weighted by Gasteiger charge is -2.40. The quantitative estimate of drug-likeness (QED) is 0.704. The van der Waals surface area contributed by atoms with Gasteiger partial charge in [-0.3, -0.25) is 4.90 Å². The molecule has 0 bridgehead atoms. The van der Waals surface area contributed by atoms with Crippen LogP contribution in [-0.4, -0.2) is 59.8 Å². The molecule has 1 aliphatic rings. The minimum absolute atomic E-state index is 0.236. The number of β-amino-alcohol motifs (C(OH)–C–C–N with tert-alkyl or cyclic N) is 1. The van der Waals surface area contributed by atoms with Crippen LogP contribution in [-0.2, 0) is 0 Å². The summed E-state index contributed by atoms with van der Waals surface area (Å²) in [5, 5.41) is 17.9. The summed E-state index contributed by atoms with van der Waals surface area (Å²) in [5.41, 5.74) is 0. The maximum atomic E-state index is 9.40. The highest BCUT2D eigenvalue weighted by Crippen LogP contribution is 2.11. The molecule has 1 fully saturated rings. The molecule has 1 rings (SSSR count). The number of nitrogens with zero attached hydrogens (tertiary/aromatic N) is 3. The van der Waals surface area contributed by atoms with Gasteiger partial charge in [0.15, 0.2) is 0 Å². The molecule has 98 valence electrons. The van der Waals surface area contributed by atoms with Crippen molar-refractivity contribution in [1.29, 1.82) is 5.26 Å². The van der Waals surface area contributed by atoms with Crippen LogP contribution < -0.4 is 0 Å². The predicted molar refractivity (Wildman–Crippen MR) is 68.6 cm³/mol. The van der Waals surface area contributed by atoms with Crippen LogP contribution in [0, 0.1) is 11.3 Å². The van der Waals surface area contributed by atoms with Crippen LogP contribution in [0.4, 0.5) is 0 Å². The van der Waals surface area contributed by atoms with Crippen LogP contribution in [0.3, 0.4) is 0 Å². The summed E-state index contributed by atoms with van der Waals surface area (Å²) in [4.78, 5) is 4.83. The van der Waals surface area contributed by atoms with E-state index < -0.39 is 0 Å². The average Bonchev–Trinajstić information content (AvgIpc) is 2.27. The maximum absolute atomic E-state index is 9.40. The summed E-state index contributed by atoms with van der Waals surface area (Å²) in [6.45, 7) is 9.18. The summed E-state index contributed by atoms with van der Waals surface area (Å²) in [6.07, 6.45) is 2.58. The summed E-state index contributed by atoms with van der Waals surface area (Å²) in [7, 11) is 0. The van der Waals surface area contributed by atoms with Gasteiger partial charge in [-0.25, -0.2) is 0 Å². The van der Waals surface area contributed by atoms with E-state index in [1.54, 1.807) is 0 Å². The Morgan fingerprint density at radius 2 is 2.18 bits per heavy atom. The number of rotatable bonds is 6. The van der Waals surface area contributed by atoms with E-state index in [1.165, 1.54) is 0 Å². The van der Waals surface area contributed by atoms with Crippen molar-refractivity contribution in [3.05, 3.63) is 0 Å². The second kappa shape index (κ2) is 7.65. The first kappa shape index (κ1) is 14.4. The van der Waals surface area contributed by atoms with Gasteiger partial charge in [-0.1, -0.05) is 0 Å². The molecule has 1 saturated heterocycles. The van der Waals surface area contributed by atoms with E-state index in [0.717, 1.165) is 45.6 Å². The fourth-order valence-electron chi connectivity index (χ4n) is 2.42. The SMILES string of the molecule is C[C@@H]1CN(CCCCC#N)CCN1C[C@@H](C)O. The zero-order valence-electron chi connectivity index (χ0n) is 11.1. The smallest absolute Gasteiger partial charge is 0.0639 e. The first-order chi connectivity index (χ1) is 8.13. The molecule has 0 saturated carbocycles. The zero-order chi connectivity index (χ0) is 12.7. The number of nitriles is 1. The van der Waals surface area contributed by atoms with Crippen molar-refractivity contribution in [2.75, 3.05) is 32.7 Å². The Kier molecular flexibility index (Phi) is 6.49. The lowest BCUT2D eigenvalue weighted by atomic mass is 10.1. The molecular formula is C13H25N3O. The molecule has 17 heavy (non-hydrogen) atoms. The van der Waals surface area contributed by atoms with Crippen LogP contribution in [0.25, 0.3) is 0 Å². The Bertz CT molecular complexity index is 250. The van der Waals surface area contributed by atoms with E-state index in [9.17, 15) is 5.11 Å².